The van der Waals surface area contributed by atoms with E-state index in [-0.39, 0.29) is 30.8 Å². The fraction of sp³-hybridized carbons (Fsp3) is 0.455. The maximum atomic E-state index is 13.3. The number of nitrogens with two attached hydrogens (primary N) is 1. The molecule has 3 N–H and O–H groups in total. The summed E-state index contributed by atoms with van der Waals surface area (Å²) in [6, 6.07) is 4.37. The predicted octanol–water partition coefficient (Wildman–Crippen LogP) is 2.03. The molecule has 0 fully saturated rings. The van der Waals surface area contributed by atoms with Gasteiger partial charge in [-0.25, -0.2) is 4.39 Å². The number of aliphatic hydroxyl groups excluding tert-OH is 1. The first-order chi connectivity index (χ1) is 7.20. The number of hydrogen-bond donors (Lipinski definition) is 2. The summed E-state index contributed by atoms with van der Waals surface area (Å²) in [7, 11) is 1.42. The van der Waals surface area contributed by atoms with Crippen molar-refractivity contribution in [3.8, 4) is 5.75 Å². The standard InChI is InChI=1S/C11H16FNO2.ClH/c1-15-11-8(4-2-5-9(11)12)10(13)6-3-7-14;/h2,4-5,10,14H,3,6-7,13H2,1H3;1H/t10-;/m0./s1. The Kier molecular flexibility index (Phi) is 7.05. The van der Waals surface area contributed by atoms with E-state index in [4.69, 9.17) is 15.6 Å². The number of ether oxygens (including phenoxy) is 1. The van der Waals surface area contributed by atoms with Crippen LogP contribution in [0.3, 0.4) is 0 Å². The van der Waals surface area contributed by atoms with Crippen LogP contribution in [0.1, 0.15) is 24.4 Å². The predicted molar refractivity (Wildman–Crippen MR) is 63.4 cm³/mol. The average Bonchev–Trinajstić information content (AvgIpc) is 2.25. The van der Waals surface area contributed by atoms with Crippen LogP contribution in [0, 0.1) is 5.82 Å². The van der Waals surface area contributed by atoms with Crippen molar-refractivity contribution in [1.29, 1.82) is 0 Å². The van der Waals surface area contributed by atoms with Gasteiger partial charge >= 0.3 is 0 Å². The van der Waals surface area contributed by atoms with Gasteiger partial charge in [0.1, 0.15) is 0 Å². The Morgan fingerprint density at radius 2 is 2.19 bits per heavy atom. The van der Waals surface area contributed by atoms with Gasteiger partial charge in [0.15, 0.2) is 11.6 Å². The molecule has 5 heteroatoms. The minimum atomic E-state index is -0.408. The highest BCUT2D eigenvalue weighted by Gasteiger charge is 2.14. The van der Waals surface area contributed by atoms with Crippen molar-refractivity contribution in [1.82, 2.24) is 0 Å². The molecule has 0 bridgehead atoms. The molecule has 0 amide bonds. The molecule has 1 aromatic carbocycles. The van der Waals surface area contributed by atoms with Crippen LogP contribution < -0.4 is 10.5 Å². The van der Waals surface area contributed by atoms with Crippen LogP contribution in [0.4, 0.5) is 4.39 Å². The van der Waals surface area contributed by atoms with Gasteiger partial charge in [0, 0.05) is 18.2 Å². The first-order valence-corrected chi connectivity index (χ1v) is 4.89. The van der Waals surface area contributed by atoms with Crippen LogP contribution in [-0.4, -0.2) is 18.8 Å². The lowest BCUT2D eigenvalue weighted by Crippen LogP contribution is -2.12. The van der Waals surface area contributed by atoms with Crippen LogP contribution in [0.15, 0.2) is 18.2 Å². The smallest absolute Gasteiger partial charge is 0.165 e. The fourth-order valence-corrected chi connectivity index (χ4v) is 1.50. The maximum Gasteiger partial charge on any atom is 0.165 e. The third-order valence-corrected chi connectivity index (χ3v) is 2.27. The van der Waals surface area contributed by atoms with Gasteiger partial charge in [-0.15, -0.1) is 12.4 Å². The van der Waals surface area contributed by atoms with Gasteiger partial charge in [0.05, 0.1) is 7.11 Å². The van der Waals surface area contributed by atoms with E-state index < -0.39 is 5.82 Å². The van der Waals surface area contributed by atoms with Gasteiger partial charge in [-0.2, -0.15) is 0 Å². The van der Waals surface area contributed by atoms with Crippen molar-refractivity contribution in [2.45, 2.75) is 18.9 Å². The monoisotopic (exact) mass is 249 g/mol. The lowest BCUT2D eigenvalue weighted by molar-refractivity contribution is 0.279. The highest BCUT2D eigenvalue weighted by molar-refractivity contribution is 5.85. The van der Waals surface area contributed by atoms with E-state index in [9.17, 15) is 4.39 Å². The number of methoxy groups -OCH3 is 1. The van der Waals surface area contributed by atoms with E-state index in [1.165, 1.54) is 13.2 Å². The van der Waals surface area contributed by atoms with E-state index in [2.05, 4.69) is 0 Å². The molecule has 0 saturated heterocycles. The summed E-state index contributed by atoms with van der Waals surface area (Å²) in [6.45, 7) is 0.0886. The minimum Gasteiger partial charge on any atom is -0.493 e. The zero-order valence-corrected chi connectivity index (χ0v) is 9.97. The average molecular weight is 250 g/mol. The summed E-state index contributed by atoms with van der Waals surface area (Å²) in [5.74, 6) is -0.211. The Hall–Kier alpha value is -0.840. The largest absolute Gasteiger partial charge is 0.493 e. The van der Waals surface area contributed by atoms with Crippen LogP contribution in [0.5, 0.6) is 5.75 Å². The molecule has 16 heavy (non-hydrogen) atoms. The summed E-state index contributed by atoms with van der Waals surface area (Å²) in [4.78, 5) is 0. The van der Waals surface area contributed by atoms with Crippen molar-refractivity contribution >= 4 is 12.4 Å². The number of benzene rings is 1. The Morgan fingerprint density at radius 1 is 1.50 bits per heavy atom. The molecule has 0 heterocycles. The molecule has 1 rings (SSSR count). The minimum absolute atomic E-state index is 0. The van der Waals surface area contributed by atoms with Crippen molar-refractivity contribution in [2.75, 3.05) is 13.7 Å². The van der Waals surface area contributed by atoms with Crippen molar-refractivity contribution in [3.05, 3.63) is 29.6 Å². The van der Waals surface area contributed by atoms with E-state index in [0.717, 1.165) is 0 Å². The quantitative estimate of drug-likeness (QED) is 0.840. The van der Waals surface area contributed by atoms with Gasteiger partial charge < -0.3 is 15.6 Å². The van der Waals surface area contributed by atoms with Crippen molar-refractivity contribution in [2.24, 2.45) is 5.73 Å². The molecule has 1 aromatic rings. The topological polar surface area (TPSA) is 55.5 Å². The number of para-hydroxylation sites is 1. The normalized spacial score (nSPS) is 11.8. The van der Waals surface area contributed by atoms with Crippen LogP contribution >= 0.6 is 12.4 Å². The maximum absolute atomic E-state index is 13.3. The summed E-state index contributed by atoms with van der Waals surface area (Å²) in [6.07, 6.45) is 1.21. The Bertz CT molecular complexity index is 323. The van der Waals surface area contributed by atoms with Gasteiger partial charge in [0.2, 0.25) is 0 Å². The molecular weight excluding hydrogens is 233 g/mol. The summed E-state index contributed by atoms with van der Waals surface area (Å²) >= 11 is 0. The number of rotatable bonds is 5. The second kappa shape index (κ2) is 7.44. The number of halogens is 2. The van der Waals surface area contributed by atoms with Gasteiger partial charge in [0.25, 0.3) is 0 Å². The zero-order chi connectivity index (χ0) is 11.3. The van der Waals surface area contributed by atoms with Gasteiger partial charge in [-0.1, -0.05) is 12.1 Å². The second-order valence-electron chi connectivity index (χ2n) is 3.33. The molecule has 0 saturated carbocycles. The first kappa shape index (κ1) is 15.2. The third kappa shape index (κ3) is 3.63. The molecule has 0 aliphatic carbocycles. The van der Waals surface area contributed by atoms with Crippen LogP contribution in [0.25, 0.3) is 0 Å². The van der Waals surface area contributed by atoms with Gasteiger partial charge in [-0.3, -0.25) is 0 Å². The number of hydrogen-bond acceptors (Lipinski definition) is 3. The van der Waals surface area contributed by atoms with E-state index in [1.54, 1.807) is 12.1 Å². The third-order valence-electron chi connectivity index (χ3n) is 2.27. The van der Waals surface area contributed by atoms with Crippen LogP contribution in [-0.2, 0) is 0 Å². The van der Waals surface area contributed by atoms with Crippen molar-refractivity contribution < 1.29 is 14.2 Å². The Labute approximate surface area is 101 Å². The molecular formula is C11H17ClFNO2. The molecule has 0 aromatic heterocycles. The lowest BCUT2D eigenvalue weighted by Gasteiger charge is -2.15. The first-order valence-electron chi connectivity index (χ1n) is 4.89. The molecule has 92 valence electrons. The molecule has 0 aliphatic heterocycles. The van der Waals surface area contributed by atoms with E-state index in [1.807, 2.05) is 0 Å². The Morgan fingerprint density at radius 3 is 2.75 bits per heavy atom. The number of aliphatic hydroxyl groups is 1. The summed E-state index contributed by atoms with van der Waals surface area (Å²) in [5, 5.41) is 8.68. The lowest BCUT2D eigenvalue weighted by atomic mass is 10.0. The highest BCUT2D eigenvalue weighted by atomic mass is 35.5. The molecule has 0 radical (unpaired) electrons. The molecule has 0 spiro atoms. The van der Waals surface area contributed by atoms with Crippen LogP contribution in [0.2, 0.25) is 0 Å². The highest BCUT2D eigenvalue weighted by Crippen LogP contribution is 2.28. The van der Waals surface area contributed by atoms with Gasteiger partial charge in [-0.05, 0) is 18.9 Å². The molecule has 3 nitrogen and oxygen atoms in total. The Balaban J connectivity index is 0.00000225. The molecule has 1 atom stereocenters. The van der Waals surface area contributed by atoms with E-state index in [0.29, 0.717) is 18.4 Å². The zero-order valence-electron chi connectivity index (χ0n) is 9.15. The van der Waals surface area contributed by atoms with Crippen molar-refractivity contribution in [3.63, 3.8) is 0 Å². The second-order valence-corrected chi connectivity index (χ2v) is 3.33. The fourth-order valence-electron chi connectivity index (χ4n) is 1.50. The summed E-state index contributed by atoms with van der Waals surface area (Å²) in [5.41, 5.74) is 6.51. The SMILES string of the molecule is COc1c(F)cccc1[C@@H](N)CCCO.Cl. The summed E-state index contributed by atoms with van der Waals surface area (Å²) < 4.78 is 18.3. The van der Waals surface area contributed by atoms with E-state index >= 15 is 0 Å². The molecule has 0 unspecified atom stereocenters. The molecule has 0 aliphatic rings.